The fraction of sp³-hybridized carbons (Fsp3) is 0.500. The van der Waals surface area contributed by atoms with Crippen molar-refractivity contribution >= 4 is 11.9 Å². The van der Waals surface area contributed by atoms with Crippen LogP contribution in [0.25, 0.3) is 0 Å². The minimum absolute atomic E-state index is 0.0419. The summed E-state index contributed by atoms with van der Waals surface area (Å²) in [4.78, 5) is 29.6. The van der Waals surface area contributed by atoms with Crippen LogP contribution in [0.15, 0.2) is 18.3 Å². The van der Waals surface area contributed by atoms with Crippen molar-refractivity contribution in [3.63, 3.8) is 0 Å². The zero-order valence-corrected chi connectivity index (χ0v) is 11.3. The molecule has 2 rings (SSSR count). The second-order valence-corrected chi connectivity index (χ2v) is 4.76. The summed E-state index contributed by atoms with van der Waals surface area (Å²) in [6.07, 6.45) is 4.69. The Morgan fingerprint density at radius 3 is 2.89 bits per heavy atom. The van der Waals surface area contributed by atoms with Crippen LogP contribution in [0.5, 0.6) is 0 Å². The van der Waals surface area contributed by atoms with Gasteiger partial charge in [-0.2, -0.15) is 0 Å². The lowest BCUT2D eigenvalue weighted by atomic mass is 10.0. The van der Waals surface area contributed by atoms with Gasteiger partial charge in [0.05, 0.1) is 7.11 Å². The highest BCUT2D eigenvalue weighted by Gasteiger charge is 2.24. The molecule has 5 heteroatoms. The number of pyridine rings is 1. The lowest BCUT2D eigenvalue weighted by molar-refractivity contribution is 0.0594. The molecule has 1 atom stereocenters. The van der Waals surface area contributed by atoms with Crippen LogP contribution < -0.4 is 0 Å². The first-order valence-electron chi connectivity index (χ1n) is 6.49. The van der Waals surface area contributed by atoms with E-state index in [9.17, 15) is 9.59 Å². The van der Waals surface area contributed by atoms with Gasteiger partial charge in [-0.3, -0.25) is 4.79 Å². The molecule has 0 radical (unpaired) electrons. The second kappa shape index (κ2) is 5.82. The molecule has 0 unspecified atom stereocenters. The standard InChI is InChI=1S/C14H18N2O3/c1-10-5-3-4-8-16(10)13(17)11-6-7-15-12(9-11)14(18)19-2/h6-7,9-10H,3-5,8H2,1-2H3/t10-/m1/s1. The van der Waals surface area contributed by atoms with E-state index in [1.807, 2.05) is 4.90 Å². The zero-order chi connectivity index (χ0) is 13.8. The summed E-state index contributed by atoms with van der Waals surface area (Å²) in [5.41, 5.74) is 0.655. The van der Waals surface area contributed by atoms with Crippen LogP contribution in [0.1, 0.15) is 47.0 Å². The molecule has 1 aliphatic rings. The van der Waals surface area contributed by atoms with Gasteiger partial charge < -0.3 is 9.64 Å². The number of nitrogens with zero attached hydrogens (tertiary/aromatic N) is 2. The summed E-state index contributed by atoms with van der Waals surface area (Å²) in [7, 11) is 1.30. The molecule has 19 heavy (non-hydrogen) atoms. The topological polar surface area (TPSA) is 59.5 Å². The van der Waals surface area contributed by atoms with Crippen molar-refractivity contribution in [2.45, 2.75) is 32.2 Å². The zero-order valence-electron chi connectivity index (χ0n) is 11.3. The number of carbonyl (C=O) groups is 2. The molecule has 1 aliphatic heterocycles. The normalized spacial score (nSPS) is 19.1. The van der Waals surface area contributed by atoms with Gasteiger partial charge in [0.25, 0.3) is 5.91 Å². The maximum Gasteiger partial charge on any atom is 0.356 e. The number of amides is 1. The van der Waals surface area contributed by atoms with E-state index in [4.69, 9.17) is 0 Å². The molecule has 1 aromatic rings. The van der Waals surface area contributed by atoms with Crippen LogP contribution in [-0.4, -0.2) is 41.5 Å². The second-order valence-electron chi connectivity index (χ2n) is 4.76. The predicted molar refractivity (Wildman–Crippen MR) is 69.9 cm³/mol. The first-order valence-corrected chi connectivity index (χ1v) is 6.49. The van der Waals surface area contributed by atoms with E-state index < -0.39 is 5.97 Å². The van der Waals surface area contributed by atoms with Crippen molar-refractivity contribution < 1.29 is 14.3 Å². The van der Waals surface area contributed by atoms with Gasteiger partial charge in [0.2, 0.25) is 0 Å². The van der Waals surface area contributed by atoms with Gasteiger partial charge in [0.1, 0.15) is 5.69 Å². The molecule has 0 aromatic carbocycles. The highest BCUT2D eigenvalue weighted by atomic mass is 16.5. The Hall–Kier alpha value is -1.91. The van der Waals surface area contributed by atoms with E-state index in [1.165, 1.54) is 19.4 Å². The molecule has 0 N–H and O–H groups in total. The molecule has 5 nitrogen and oxygen atoms in total. The van der Waals surface area contributed by atoms with Crippen molar-refractivity contribution in [1.82, 2.24) is 9.88 Å². The summed E-state index contributed by atoms with van der Waals surface area (Å²) in [5.74, 6) is -0.568. The third-order valence-electron chi connectivity index (χ3n) is 3.47. The fourth-order valence-corrected chi connectivity index (χ4v) is 2.35. The molecule has 2 heterocycles. The van der Waals surface area contributed by atoms with E-state index in [-0.39, 0.29) is 17.6 Å². The highest BCUT2D eigenvalue weighted by molar-refractivity contribution is 5.97. The van der Waals surface area contributed by atoms with Gasteiger partial charge in [0.15, 0.2) is 0 Å². The molecule has 1 saturated heterocycles. The van der Waals surface area contributed by atoms with Crippen LogP contribution in [0.4, 0.5) is 0 Å². The molecule has 0 bridgehead atoms. The Balaban J connectivity index is 2.21. The Labute approximate surface area is 112 Å². The van der Waals surface area contributed by atoms with Crippen LogP contribution in [0, 0.1) is 0 Å². The van der Waals surface area contributed by atoms with Gasteiger partial charge in [0, 0.05) is 24.3 Å². The molecule has 0 spiro atoms. The maximum absolute atomic E-state index is 12.4. The molecular weight excluding hydrogens is 244 g/mol. The lowest BCUT2D eigenvalue weighted by Crippen LogP contribution is -2.42. The number of likely N-dealkylation sites (tertiary alicyclic amines) is 1. The van der Waals surface area contributed by atoms with Crippen molar-refractivity contribution in [2.24, 2.45) is 0 Å². The average molecular weight is 262 g/mol. The summed E-state index contributed by atoms with van der Waals surface area (Å²) >= 11 is 0. The first-order chi connectivity index (χ1) is 9.13. The molecule has 1 fully saturated rings. The fourth-order valence-electron chi connectivity index (χ4n) is 2.35. The molecule has 0 saturated carbocycles. The molecule has 1 amide bonds. The Morgan fingerprint density at radius 2 is 2.21 bits per heavy atom. The van der Waals surface area contributed by atoms with Gasteiger partial charge in [-0.1, -0.05) is 0 Å². The molecular formula is C14H18N2O3. The van der Waals surface area contributed by atoms with E-state index in [0.29, 0.717) is 5.56 Å². The maximum atomic E-state index is 12.4. The number of esters is 1. The minimum atomic E-state index is -0.527. The quantitative estimate of drug-likeness (QED) is 0.764. The lowest BCUT2D eigenvalue weighted by Gasteiger charge is -2.33. The number of hydrogen-bond donors (Lipinski definition) is 0. The van der Waals surface area contributed by atoms with E-state index in [2.05, 4.69) is 16.6 Å². The van der Waals surface area contributed by atoms with Crippen LogP contribution in [0.3, 0.4) is 0 Å². The minimum Gasteiger partial charge on any atom is -0.464 e. The van der Waals surface area contributed by atoms with Crippen LogP contribution in [-0.2, 0) is 4.74 Å². The Bertz CT molecular complexity index is 487. The van der Waals surface area contributed by atoms with Crippen molar-refractivity contribution in [1.29, 1.82) is 0 Å². The van der Waals surface area contributed by atoms with Gasteiger partial charge in [-0.05, 0) is 38.3 Å². The van der Waals surface area contributed by atoms with Crippen LogP contribution >= 0.6 is 0 Å². The van der Waals surface area contributed by atoms with E-state index in [1.54, 1.807) is 6.07 Å². The molecule has 1 aromatic heterocycles. The largest absolute Gasteiger partial charge is 0.464 e. The van der Waals surface area contributed by atoms with E-state index in [0.717, 1.165) is 25.8 Å². The first kappa shape index (κ1) is 13.5. The number of methoxy groups -OCH3 is 1. The van der Waals surface area contributed by atoms with Gasteiger partial charge >= 0.3 is 5.97 Å². The van der Waals surface area contributed by atoms with Crippen molar-refractivity contribution in [3.8, 4) is 0 Å². The number of carbonyl (C=O) groups excluding carboxylic acids is 2. The SMILES string of the molecule is COC(=O)c1cc(C(=O)N2CCCC[C@H]2C)ccn1. The smallest absolute Gasteiger partial charge is 0.356 e. The number of rotatable bonds is 2. The van der Waals surface area contributed by atoms with Gasteiger partial charge in [-0.15, -0.1) is 0 Å². The number of piperidine rings is 1. The highest BCUT2D eigenvalue weighted by Crippen LogP contribution is 2.19. The Kier molecular flexibility index (Phi) is 4.14. The summed E-state index contributed by atoms with van der Waals surface area (Å²) in [6, 6.07) is 3.38. The third kappa shape index (κ3) is 2.92. The average Bonchev–Trinajstić information content (AvgIpc) is 2.46. The number of aromatic nitrogens is 1. The van der Waals surface area contributed by atoms with Crippen molar-refractivity contribution in [2.75, 3.05) is 13.7 Å². The number of hydrogen-bond acceptors (Lipinski definition) is 4. The van der Waals surface area contributed by atoms with Crippen LogP contribution in [0.2, 0.25) is 0 Å². The predicted octanol–water partition coefficient (Wildman–Crippen LogP) is 1.88. The molecule has 102 valence electrons. The molecule has 0 aliphatic carbocycles. The third-order valence-corrected chi connectivity index (χ3v) is 3.47. The Morgan fingerprint density at radius 1 is 1.42 bits per heavy atom. The summed E-state index contributed by atoms with van der Waals surface area (Å²) < 4.78 is 4.61. The summed E-state index contributed by atoms with van der Waals surface area (Å²) in [5, 5.41) is 0. The summed E-state index contributed by atoms with van der Waals surface area (Å²) in [6.45, 7) is 2.83. The monoisotopic (exact) mass is 262 g/mol. The van der Waals surface area contributed by atoms with Gasteiger partial charge in [-0.25, -0.2) is 9.78 Å². The number of ether oxygens (including phenoxy) is 1. The van der Waals surface area contributed by atoms with Crippen molar-refractivity contribution in [3.05, 3.63) is 29.6 Å². The van der Waals surface area contributed by atoms with E-state index >= 15 is 0 Å².